The number of hydrogen-bond acceptors (Lipinski definition) is 6. The SMILES string of the molecule is CC1CCN(c2ccc(NC(=O)COC(=O)CCc3nc4ccccc4o3)cc2)CC1. The minimum atomic E-state index is -0.466. The van der Waals surface area contributed by atoms with E-state index in [0.29, 0.717) is 23.6 Å². The normalized spacial score (nSPS) is 14.5. The van der Waals surface area contributed by atoms with E-state index in [9.17, 15) is 9.59 Å². The minimum Gasteiger partial charge on any atom is -0.456 e. The number of aromatic nitrogens is 1. The molecule has 7 nitrogen and oxygen atoms in total. The topological polar surface area (TPSA) is 84.7 Å². The second-order valence-electron chi connectivity index (χ2n) is 8.00. The molecule has 4 rings (SSSR count). The fourth-order valence-corrected chi connectivity index (χ4v) is 3.67. The average Bonchev–Trinajstić information content (AvgIpc) is 3.20. The summed E-state index contributed by atoms with van der Waals surface area (Å²) in [5.41, 5.74) is 3.29. The van der Waals surface area contributed by atoms with Gasteiger partial charge in [-0.3, -0.25) is 9.59 Å². The van der Waals surface area contributed by atoms with Crippen LogP contribution in [0.4, 0.5) is 11.4 Å². The van der Waals surface area contributed by atoms with E-state index in [1.165, 1.54) is 12.8 Å². The van der Waals surface area contributed by atoms with Crippen LogP contribution in [-0.2, 0) is 20.7 Å². The monoisotopic (exact) mass is 421 g/mol. The third-order valence-corrected chi connectivity index (χ3v) is 5.55. The Labute approximate surface area is 181 Å². The molecule has 1 fully saturated rings. The first-order chi connectivity index (χ1) is 15.1. The summed E-state index contributed by atoms with van der Waals surface area (Å²) in [5, 5.41) is 2.76. The van der Waals surface area contributed by atoms with Gasteiger partial charge in [0.05, 0.1) is 6.42 Å². The minimum absolute atomic E-state index is 0.100. The molecule has 1 saturated heterocycles. The number of nitrogens with zero attached hydrogens (tertiary/aromatic N) is 2. The van der Waals surface area contributed by atoms with E-state index in [4.69, 9.17) is 9.15 Å². The molecule has 0 spiro atoms. The Morgan fingerprint density at radius 2 is 1.87 bits per heavy atom. The Balaban J connectivity index is 1.19. The lowest BCUT2D eigenvalue weighted by Crippen LogP contribution is -2.32. The van der Waals surface area contributed by atoms with E-state index in [1.54, 1.807) is 0 Å². The van der Waals surface area contributed by atoms with Crippen LogP contribution in [0.2, 0.25) is 0 Å². The number of carbonyl (C=O) groups is 2. The lowest BCUT2D eigenvalue weighted by Gasteiger charge is -2.32. The zero-order valence-corrected chi connectivity index (χ0v) is 17.7. The predicted octanol–water partition coefficient (Wildman–Crippen LogP) is 4.18. The van der Waals surface area contributed by atoms with E-state index >= 15 is 0 Å². The number of oxazole rings is 1. The van der Waals surface area contributed by atoms with Crippen molar-refractivity contribution in [3.8, 4) is 0 Å². The zero-order chi connectivity index (χ0) is 21.6. The number of amides is 1. The highest BCUT2D eigenvalue weighted by atomic mass is 16.5. The predicted molar refractivity (Wildman–Crippen MR) is 119 cm³/mol. The van der Waals surface area contributed by atoms with Crippen molar-refractivity contribution in [1.29, 1.82) is 0 Å². The van der Waals surface area contributed by atoms with E-state index in [2.05, 4.69) is 22.1 Å². The van der Waals surface area contributed by atoms with Crippen molar-refractivity contribution in [2.24, 2.45) is 5.92 Å². The van der Waals surface area contributed by atoms with Gasteiger partial charge in [0.2, 0.25) is 0 Å². The van der Waals surface area contributed by atoms with Crippen LogP contribution in [0.25, 0.3) is 11.1 Å². The summed E-state index contributed by atoms with van der Waals surface area (Å²) in [7, 11) is 0. The zero-order valence-electron chi connectivity index (χ0n) is 17.7. The molecule has 162 valence electrons. The summed E-state index contributed by atoms with van der Waals surface area (Å²) >= 11 is 0. The van der Waals surface area contributed by atoms with Crippen LogP contribution in [0.3, 0.4) is 0 Å². The molecule has 0 aliphatic carbocycles. The molecule has 31 heavy (non-hydrogen) atoms. The maximum atomic E-state index is 12.1. The maximum absolute atomic E-state index is 12.1. The van der Waals surface area contributed by atoms with E-state index in [0.717, 1.165) is 30.2 Å². The number of esters is 1. The summed E-state index contributed by atoms with van der Waals surface area (Å²) < 4.78 is 10.7. The van der Waals surface area contributed by atoms with Gasteiger partial charge in [-0.15, -0.1) is 0 Å². The number of anilines is 2. The van der Waals surface area contributed by atoms with E-state index in [-0.39, 0.29) is 18.9 Å². The standard InChI is InChI=1S/C24H27N3O4/c1-17-12-14-27(15-13-17)19-8-6-18(7-9-19)25-22(28)16-30-24(29)11-10-23-26-20-4-2-3-5-21(20)31-23/h2-9,17H,10-16H2,1H3,(H,25,28). The molecular formula is C24H27N3O4. The number of aryl methyl sites for hydroxylation is 1. The Morgan fingerprint density at radius 3 is 2.61 bits per heavy atom. The lowest BCUT2D eigenvalue weighted by molar-refractivity contribution is -0.147. The van der Waals surface area contributed by atoms with Gasteiger partial charge in [-0.05, 0) is 55.2 Å². The van der Waals surface area contributed by atoms with Crippen LogP contribution in [0.1, 0.15) is 32.1 Å². The molecule has 1 N–H and O–H groups in total. The Hall–Kier alpha value is -3.35. The summed E-state index contributed by atoms with van der Waals surface area (Å²) in [6.45, 7) is 4.09. The molecule has 0 radical (unpaired) electrons. The molecular weight excluding hydrogens is 394 g/mol. The fourth-order valence-electron chi connectivity index (χ4n) is 3.67. The first-order valence-corrected chi connectivity index (χ1v) is 10.7. The second kappa shape index (κ2) is 9.64. The molecule has 2 aromatic carbocycles. The highest BCUT2D eigenvalue weighted by Gasteiger charge is 2.16. The van der Waals surface area contributed by atoms with Crippen LogP contribution < -0.4 is 10.2 Å². The van der Waals surface area contributed by atoms with Crippen molar-refractivity contribution in [3.05, 3.63) is 54.4 Å². The largest absolute Gasteiger partial charge is 0.456 e. The molecule has 1 aliphatic rings. The second-order valence-corrected chi connectivity index (χ2v) is 8.00. The van der Waals surface area contributed by atoms with Crippen molar-refractivity contribution >= 4 is 34.4 Å². The van der Waals surface area contributed by atoms with Crippen LogP contribution in [0, 0.1) is 5.92 Å². The number of hydrogen-bond donors (Lipinski definition) is 1. The number of rotatable bonds is 7. The molecule has 0 saturated carbocycles. The van der Waals surface area contributed by atoms with Crippen LogP contribution >= 0.6 is 0 Å². The fraction of sp³-hybridized carbons (Fsp3) is 0.375. The van der Waals surface area contributed by atoms with Gasteiger partial charge >= 0.3 is 5.97 Å². The molecule has 1 amide bonds. The first-order valence-electron chi connectivity index (χ1n) is 10.7. The number of fused-ring (bicyclic) bond motifs is 1. The summed E-state index contributed by atoms with van der Waals surface area (Å²) in [5.74, 6) is 0.431. The number of ether oxygens (including phenoxy) is 1. The lowest BCUT2D eigenvalue weighted by atomic mass is 9.99. The van der Waals surface area contributed by atoms with Gasteiger partial charge in [0.15, 0.2) is 18.1 Å². The first kappa shape index (κ1) is 20.9. The highest BCUT2D eigenvalue weighted by Crippen LogP contribution is 2.24. The maximum Gasteiger partial charge on any atom is 0.306 e. The van der Waals surface area contributed by atoms with Crippen molar-refractivity contribution in [2.45, 2.75) is 32.6 Å². The Kier molecular flexibility index (Phi) is 6.50. The van der Waals surface area contributed by atoms with Gasteiger partial charge in [-0.25, -0.2) is 4.98 Å². The van der Waals surface area contributed by atoms with Crippen LogP contribution in [0.15, 0.2) is 52.9 Å². The quantitative estimate of drug-likeness (QED) is 0.576. The van der Waals surface area contributed by atoms with Gasteiger partial charge in [-0.1, -0.05) is 19.1 Å². The highest BCUT2D eigenvalue weighted by molar-refractivity contribution is 5.93. The summed E-state index contributed by atoms with van der Waals surface area (Å²) in [6.07, 6.45) is 2.83. The van der Waals surface area contributed by atoms with E-state index in [1.807, 2.05) is 48.5 Å². The molecule has 1 aromatic heterocycles. The molecule has 7 heteroatoms. The van der Waals surface area contributed by atoms with Gasteiger partial charge in [-0.2, -0.15) is 0 Å². The average molecular weight is 421 g/mol. The third-order valence-electron chi connectivity index (χ3n) is 5.55. The van der Waals surface area contributed by atoms with Crippen molar-refractivity contribution < 1.29 is 18.7 Å². The smallest absolute Gasteiger partial charge is 0.306 e. The van der Waals surface area contributed by atoms with Gasteiger partial charge in [0, 0.05) is 30.9 Å². The number of para-hydroxylation sites is 2. The van der Waals surface area contributed by atoms with Crippen LogP contribution in [-0.4, -0.2) is 36.6 Å². The third kappa shape index (κ3) is 5.63. The number of benzene rings is 2. The molecule has 2 heterocycles. The summed E-state index contributed by atoms with van der Waals surface area (Å²) in [4.78, 5) is 30.7. The van der Waals surface area contributed by atoms with Gasteiger partial charge in [0.25, 0.3) is 5.91 Å². The molecule has 3 aromatic rings. The Bertz CT molecular complexity index is 1000. The number of piperidine rings is 1. The Morgan fingerprint density at radius 1 is 1.13 bits per heavy atom. The molecule has 0 unspecified atom stereocenters. The number of nitrogens with one attached hydrogen (secondary N) is 1. The van der Waals surface area contributed by atoms with E-state index < -0.39 is 5.97 Å². The van der Waals surface area contributed by atoms with Crippen molar-refractivity contribution in [2.75, 3.05) is 29.9 Å². The van der Waals surface area contributed by atoms with Crippen molar-refractivity contribution in [1.82, 2.24) is 4.98 Å². The van der Waals surface area contributed by atoms with Gasteiger partial charge in [0.1, 0.15) is 5.52 Å². The summed E-state index contributed by atoms with van der Waals surface area (Å²) in [6, 6.07) is 15.2. The molecule has 1 aliphatic heterocycles. The number of carbonyl (C=O) groups excluding carboxylic acids is 2. The van der Waals surface area contributed by atoms with Crippen LogP contribution in [0.5, 0.6) is 0 Å². The molecule has 0 atom stereocenters. The van der Waals surface area contributed by atoms with Gasteiger partial charge < -0.3 is 19.4 Å². The van der Waals surface area contributed by atoms with Crippen molar-refractivity contribution in [3.63, 3.8) is 0 Å². The molecule has 0 bridgehead atoms.